The number of hydrogen-bond acceptors (Lipinski definition) is 17. The van der Waals surface area contributed by atoms with E-state index in [1.807, 2.05) is 24.3 Å². The predicted octanol–water partition coefficient (Wildman–Crippen LogP) is 8.05. The lowest BCUT2D eigenvalue weighted by Gasteiger charge is -2.21. The number of carbonyl (C=O) groups excluding carboxylic acids is 2. The van der Waals surface area contributed by atoms with Crippen molar-refractivity contribution in [3.8, 4) is 0 Å². The molecule has 1 fully saturated rings. The minimum Gasteiger partial charge on any atom is -0.462 e. The minimum atomic E-state index is -5.49. The first-order valence-electron chi connectivity index (χ1n) is 25.2. The number of nitrogens with zero attached hydrogens (tertiary/aromatic N) is 2. The smallest absolute Gasteiger partial charge is 0.462 e. The number of unbranched alkanes of at least 4 members (excludes halogenated alkanes) is 10. The van der Waals surface area contributed by atoms with Crippen molar-refractivity contribution in [3.63, 3.8) is 0 Å². The SMILES string of the molecule is CCCCC/C=C\C/C=C\CCCCCCCC(=O)OC[C@H](COP(=O)(O)OP(=O)(O)OC[C@H]1O[C@@H](n2ccc(N)nc2=O)[C@H](O)[C@@H]1O)OC(=O)CCC[C@H](O)/C=C/C=C\C/C=C\C=C\[C@H](O)CCCCC. The summed E-state index contributed by atoms with van der Waals surface area (Å²) in [5.74, 6) is -1.56. The van der Waals surface area contributed by atoms with Crippen LogP contribution in [0.1, 0.15) is 148 Å². The molecule has 408 valence electrons. The second kappa shape index (κ2) is 37.8. The molecule has 0 spiro atoms. The standard InChI is InChI=1S/C50H81N3O17P2/c1-3-5-7-8-9-10-11-12-13-14-15-16-20-23-27-33-45(56)65-37-42(68-46(57)34-28-32-41(55)31-26-22-19-17-18-21-25-30-40(54)29-24-6-4-2)38-66-71(61,62)70-72(63,64)67-39-43-47(58)48(59)49(69-43)53-36-35-44(51)52-50(53)60/h9-10,12-13,18-19,21-22,25-26,30-31,35-36,40-43,47-49,54-55,58-59H,3-8,11,14-17,20,23-24,27-29,32-34,37-39H2,1-2H3,(H,61,62)(H,63,64)(H2,51,52,60)/b10-9-,13-12-,21-18-,22-19-,30-25+,31-26+/t40-,41-,42-,43-,47-,48-,49-/m1/s1. The number of aliphatic hydroxyl groups is 4. The molecule has 1 aromatic heterocycles. The Hall–Kier alpha value is -3.88. The van der Waals surface area contributed by atoms with Gasteiger partial charge in [0.15, 0.2) is 12.3 Å². The molecule has 0 saturated carbocycles. The Morgan fingerprint density at radius 1 is 0.736 bits per heavy atom. The molecule has 1 aliphatic heterocycles. The summed E-state index contributed by atoms with van der Waals surface area (Å²) in [4.78, 5) is 61.9. The fourth-order valence-corrected chi connectivity index (χ4v) is 9.08. The highest BCUT2D eigenvalue weighted by atomic mass is 31.3. The van der Waals surface area contributed by atoms with Crippen LogP contribution in [0.2, 0.25) is 0 Å². The molecule has 1 aliphatic rings. The zero-order valence-corrected chi connectivity index (χ0v) is 43.7. The number of phosphoric acid groups is 2. The lowest BCUT2D eigenvalue weighted by Crippen LogP contribution is -2.36. The molecule has 1 aromatic rings. The quantitative estimate of drug-likeness (QED) is 0.0107. The van der Waals surface area contributed by atoms with Crippen LogP contribution in [0.15, 0.2) is 90.0 Å². The molecule has 0 bridgehead atoms. The van der Waals surface area contributed by atoms with Crippen molar-refractivity contribution in [1.29, 1.82) is 0 Å². The number of phosphoric ester groups is 2. The summed E-state index contributed by atoms with van der Waals surface area (Å²) in [5, 5.41) is 41.2. The molecule has 0 aliphatic carbocycles. The number of rotatable bonds is 40. The van der Waals surface area contributed by atoms with E-state index >= 15 is 0 Å². The summed E-state index contributed by atoms with van der Waals surface area (Å²) in [6.45, 7) is 1.78. The summed E-state index contributed by atoms with van der Waals surface area (Å²) in [6.07, 6.45) is 30.4. The van der Waals surface area contributed by atoms with Crippen molar-refractivity contribution in [1.82, 2.24) is 9.55 Å². The van der Waals surface area contributed by atoms with Crippen molar-refractivity contribution in [3.05, 3.63) is 95.7 Å². The molecule has 0 amide bonds. The molecule has 2 rings (SSSR count). The van der Waals surface area contributed by atoms with Crippen molar-refractivity contribution < 1.29 is 76.5 Å². The zero-order chi connectivity index (χ0) is 53.0. The van der Waals surface area contributed by atoms with Crippen molar-refractivity contribution in [2.75, 3.05) is 25.6 Å². The maximum atomic E-state index is 12.9. The third-order valence-electron chi connectivity index (χ3n) is 11.0. The molecule has 20 nitrogen and oxygen atoms in total. The molecule has 72 heavy (non-hydrogen) atoms. The van der Waals surface area contributed by atoms with Crippen LogP contribution in [0.3, 0.4) is 0 Å². The van der Waals surface area contributed by atoms with Gasteiger partial charge in [-0.15, -0.1) is 0 Å². The van der Waals surface area contributed by atoms with Gasteiger partial charge in [0.05, 0.1) is 25.4 Å². The third kappa shape index (κ3) is 30.3. The number of anilines is 1. The predicted molar refractivity (Wildman–Crippen MR) is 273 cm³/mol. The number of nitrogen functional groups attached to an aromatic ring is 1. The van der Waals surface area contributed by atoms with Crippen LogP contribution in [-0.2, 0) is 46.3 Å². The lowest BCUT2D eigenvalue weighted by molar-refractivity contribution is -0.161. The monoisotopic (exact) mass is 1060 g/mol. The van der Waals surface area contributed by atoms with Gasteiger partial charge < -0.3 is 50.2 Å². The number of allylic oxidation sites excluding steroid dienone is 10. The van der Waals surface area contributed by atoms with Gasteiger partial charge in [0.25, 0.3) is 0 Å². The number of ether oxygens (including phenoxy) is 3. The number of aromatic nitrogens is 2. The Morgan fingerprint density at radius 2 is 1.31 bits per heavy atom. The van der Waals surface area contributed by atoms with Crippen LogP contribution in [0.25, 0.3) is 0 Å². The van der Waals surface area contributed by atoms with Crippen LogP contribution in [0.4, 0.5) is 5.82 Å². The van der Waals surface area contributed by atoms with Crippen molar-refractivity contribution in [2.45, 2.75) is 185 Å². The highest BCUT2D eigenvalue weighted by molar-refractivity contribution is 7.61. The maximum absolute atomic E-state index is 12.9. The highest BCUT2D eigenvalue weighted by Gasteiger charge is 2.46. The second-order valence-corrected chi connectivity index (χ2v) is 20.4. The van der Waals surface area contributed by atoms with Gasteiger partial charge in [0.2, 0.25) is 0 Å². The molecule has 0 aromatic carbocycles. The summed E-state index contributed by atoms with van der Waals surface area (Å²) in [6, 6.07) is 1.23. The first-order valence-corrected chi connectivity index (χ1v) is 28.2. The van der Waals surface area contributed by atoms with Gasteiger partial charge in [-0.3, -0.25) is 23.2 Å². The Balaban J connectivity index is 1.88. The van der Waals surface area contributed by atoms with E-state index in [2.05, 4.69) is 47.4 Å². The van der Waals surface area contributed by atoms with Crippen LogP contribution >= 0.6 is 15.6 Å². The third-order valence-corrected chi connectivity index (χ3v) is 13.6. The summed E-state index contributed by atoms with van der Waals surface area (Å²) < 4.78 is 56.5. The fraction of sp³-hybridized carbons (Fsp3) is 0.640. The lowest BCUT2D eigenvalue weighted by atomic mass is 10.1. The van der Waals surface area contributed by atoms with Gasteiger partial charge >= 0.3 is 33.3 Å². The van der Waals surface area contributed by atoms with Gasteiger partial charge in [-0.05, 0) is 70.3 Å². The normalized spacial score (nSPS) is 20.6. The minimum absolute atomic E-state index is 0.0579. The molecular formula is C50H81N3O17P2. The highest BCUT2D eigenvalue weighted by Crippen LogP contribution is 2.60. The Bertz CT molecular complexity index is 2030. The molecule has 2 heterocycles. The van der Waals surface area contributed by atoms with Gasteiger partial charge in [-0.1, -0.05) is 138 Å². The van der Waals surface area contributed by atoms with Gasteiger partial charge in [-0.2, -0.15) is 9.29 Å². The maximum Gasteiger partial charge on any atom is 0.481 e. The largest absolute Gasteiger partial charge is 0.481 e. The molecule has 1 saturated heterocycles. The van der Waals surface area contributed by atoms with E-state index < -0.39 is 95.9 Å². The first kappa shape index (κ1) is 64.2. The van der Waals surface area contributed by atoms with Gasteiger partial charge in [0.1, 0.15) is 30.7 Å². The van der Waals surface area contributed by atoms with E-state index in [9.17, 15) is 53.7 Å². The van der Waals surface area contributed by atoms with Crippen molar-refractivity contribution >= 4 is 33.4 Å². The molecule has 0 radical (unpaired) electrons. The number of nitrogens with two attached hydrogens (primary N) is 1. The fourth-order valence-electron chi connectivity index (χ4n) is 6.97. The summed E-state index contributed by atoms with van der Waals surface area (Å²) in [5.41, 5.74) is 4.56. The Kier molecular flexibility index (Phi) is 33.7. The van der Waals surface area contributed by atoms with Gasteiger partial charge in [-0.25, -0.2) is 13.9 Å². The average Bonchev–Trinajstić information content (AvgIpc) is 3.60. The molecule has 22 heteroatoms. The second-order valence-electron chi connectivity index (χ2n) is 17.4. The Labute approximate surface area is 424 Å². The van der Waals surface area contributed by atoms with E-state index in [4.69, 9.17) is 29.0 Å². The van der Waals surface area contributed by atoms with E-state index in [0.29, 0.717) is 12.8 Å². The van der Waals surface area contributed by atoms with Crippen LogP contribution in [0, 0.1) is 0 Å². The molecule has 9 atom stereocenters. The Morgan fingerprint density at radius 3 is 1.96 bits per heavy atom. The molecular weight excluding hydrogens is 977 g/mol. The summed E-state index contributed by atoms with van der Waals surface area (Å²) >= 11 is 0. The van der Waals surface area contributed by atoms with Gasteiger partial charge in [0, 0.05) is 19.0 Å². The van der Waals surface area contributed by atoms with Crippen LogP contribution in [-0.4, -0.2) is 108 Å². The number of esters is 2. The average molecular weight is 1060 g/mol. The van der Waals surface area contributed by atoms with Crippen LogP contribution < -0.4 is 11.4 Å². The van der Waals surface area contributed by atoms with Crippen molar-refractivity contribution in [2.24, 2.45) is 0 Å². The van der Waals surface area contributed by atoms with Crippen LogP contribution in [0.5, 0.6) is 0 Å². The molecule has 2 unspecified atom stereocenters. The number of carbonyl (C=O) groups is 2. The first-order chi connectivity index (χ1) is 34.5. The van der Waals surface area contributed by atoms with E-state index in [1.165, 1.54) is 25.3 Å². The number of hydrogen-bond donors (Lipinski definition) is 7. The molecule has 8 N–H and O–H groups in total. The summed E-state index contributed by atoms with van der Waals surface area (Å²) in [7, 11) is -11.0. The van der Waals surface area contributed by atoms with E-state index in [-0.39, 0.29) is 31.5 Å². The zero-order valence-electron chi connectivity index (χ0n) is 41.9. The topological polar surface area (TPSA) is 306 Å². The number of aliphatic hydroxyl groups excluding tert-OH is 4. The van der Waals surface area contributed by atoms with E-state index in [0.717, 1.165) is 81.4 Å². The van der Waals surface area contributed by atoms with E-state index in [1.54, 1.807) is 24.3 Å².